The molecule has 0 aliphatic heterocycles. The van der Waals surface area contributed by atoms with Crippen LogP contribution in [0.4, 0.5) is 0 Å². The zero-order valence-electron chi connectivity index (χ0n) is 8.64. The molecular formula is C10H13BO4. The van der Waals surface area contributed by atoms with Gasteiger partial charge in [0.15, 0.2) is 0 Å². The van der Waals surface area contributed by atoms with Crippen LogP contribution in [0.2, 0.25) is 0 Å². The minimum Gasteiger partial charge on any atom is -0.478 e. The lowest BCUT2D eigenvalue weighted by Gasteiger charge is -2.09. The molecule has 1 aromatic carbocycles. The van der Waals surface area contributed by atoms with Crippen molar-refractivity contribution in [2.24, 2.45) is 0 Å². The Labute approximate surface area is 88.3 Å². The molecule has 80 valence electrons. The Morgan fingerprint density at radius 2 is 1.87 bits per heavy atom. The molecule has 5 heteroatoms. The third-order valence-electron chi connectivity index (χ3n) is 2.19. The van der Waals surface area contributed by atoms with E-state index in [1.54, 1.807) is 12.1 Å². The predicted molar refractivity (Wildman–Crippen MR) is 57.3 cm³/mol. The second kappa shape index (κ2) is 4.46. The van der Waals surface area contributed by atoms with Crippen molar-refractivity contribution in [3.05, 3.63) is 29.3 Å². The number of carboxylic acid groups (broad SMARTS) is 1. The van der Waals surface area contributed by atoms with Crippen LogP contribution < -0.4 is 5.46 Å². The summed E-state index contributed by atoms with van der Waals surface area (Å²) in [6, 6.07) is 4.40. The van der Waals surface area contributed by atoms with Crippen LogP contribution >= 0.6 is 0 Å². The van der Waals surface area contributed by atoms with Gasteiger partial charge in [-0.2, -0.15) is 0 Å². The quantitative estimate of drug-likeness (QED) is 0.619. The Kier molecular flexibility index (Phi) is 3.50. The molecule has 0 saturated carbocycles. The third-order valence-corrected chi connectivity index (χ3v) is 2.19. The molecule has 0 spiro atoms. The van der Waals surface area contributed by atoms with Crippen molar-refractivity contribution in [3.63, 3.8) is 0 Å². The fourth-order valence-electron chi connectivity index (χ4n) is 1.28. The van der Waals surface area contributed by atoms with E-state index >= 15 is 0 Å². The van der Waals surface area contributed by atoms with Crippen molar-refractivity contribution in [2.75, 3.05) is 0 Å². The summed E-state index contributed by atoms with van der Waals surface area (Å²) in [4.78, 5) is 10.8. The smallest absolute Gasteiger partial charge is 0.478 e. The van der Waals surface area contributed by atoms with Crippen LogP contribution in [0, 0.1) is 0 Å². The van der Waals surface area contributed by atoms with Gasteiger partial charge in [-0.05, 0) is 29.1 Å². The zero-order chi connectivity index (χ0) is 11.6. The van der Waals surface area contributed by atoms with Gasteiger partial charge in [0.25, 0.3) is 0 Å². The van der Waals surface area contributed by atoms with Gasteiger partial charge in [0, 0.05) is 0 Å². The predicted octanol–water partition coefficient (Wildman–Crippen LogP) is 0.188. The second-order valence-electron chi connectivity index (χ2n) is 3.72. The highest BCUT2D eigenvalue weighted by molar-refractivity contribution is 6.58. The van der Waals surface area contributed by atoms with Crippen LogP contribution in [0.15, 0.2) is 18.2 Å². The first kappa shape index (κ1) is 11.7. The Balaban J connectivity index is 3.26. The van der Waals surface area contributed by atoms with Gasteiger partial charge in [-0.15, -0.1) is 0 Å². The van der Waals surface area contributed by atoms with Crippen molar-refractivity contribution in [1.82, 2.24) is 0 Å². The minimum absolute atomic E-state index is 0.0734. The number of hydrogen-bond donors (Lipinski definition) is 3. The Bertz CT molecular complexity index is 347. The van der Waals surface area contributed by atoms with Gasteiger partial charge in [0.1, 0.15) is 0 Å². The van der Waals surface area contributed by atoms with E-state index in [-0.39, 0.29) is 16.9 Å². The summed E-state index contributed by atoms with van der Waals surface area (Å²) in [6.45, 7) is 3.82. The van der Waals surface area contributed by atoms with Crippen molar-refractivity contribution in [1.29, 1.82) is 0 Å². The van der Waals surface area contributed by atoms with Crippen molar-refractivity contribution in [3.8, 4) is 0 Å². The van der Waals surface area contributed by atoms with Gasteiger partial charge < -0.3 is 15.2 Å². The Hall–Kier alpha value is -1.33. The van der Waals surface area contributed by atoms with Crippen LogP contribution in [0.5, 0.6) is 0 Å². The Morgan fingerprint density at radius 1 is 1.27 bits per heavy atom. The maximum atomic E-state index is 10.8. The number of hydrogen-bond acceptors (Lipinski definition) is 3. The lowest BCUT2D eigenvalue weighted by molar-refractivity contribution is 0.0697. The summed E-state index contributed by atoms with van der Waals surface area (Å²) in [5, 5.41) is 26.8. The molecule has 3 N–H and O–H groups in total. The number of aromatic carboxylic acids is 1. The summed E-state index contributed by atoms with van der Waals surface area (Å²) in [7, 11) is -1.64. The van der Waals surface area contributed by atoms with Crippen molar-refractivity contribution >= 4 is 18.6 Å². The topological polar surface area (TPSA) is 77.8 Å². The van der Waals surface area contributed by atoms with Gasteiger partial charge in [0.05, 0.1) is 5.56 Å². The summed E-state index contributed by atoms with van der Waals surface area (Å²) in [5.74, 6) is -0.929. The fourth-order valence-corrected chi connectivity index (χ4v) is 1.28. The van der Waals surface area contributed by atoms with E-state index in [4.69, 9.17) is 15.2 Å². The van der Waals surface area contributed by atoms with Crippen molar-refractivity contribution < 1.29 is 19.9 Å². The highest BCUT2D eigenvalue weighted by atomic mass is 16.4. The van der Waals surface area contributed by atoms with Crippen LogP contribution in [0.3, 0.4) is 0 Å². The average Bonchev–Trinajstić information content (AvgIpc) is 2.16. The van der Waals surface area contributed by atoms with Crippen LogP contribution in [-0.2, 0) is 0 Å². The lowest BCUT2D eigenvalue weighted by Crippen LogP contribution is -2.31. The molecule has 1 aromatic rings. The van der Waals surface area contributed by atoms with E-state index < -0.39 is 13.1 Å². The molecule has 15 heavy (non-hydrogen) atoms. The maximum absolute atomic E-state index is 10.8. The van der Waals surface area contributed by atoms with E-state index in [0.29, 0.717) is 0 Å². The molecule has 0 heterocycles. The second-order valence-corrected chi connectivity index (χ2v) is 3.72. The summed E-state index contributed by atoms with van der Waals surface area (Å²) < 4.78 is 0. The highest BCUT2D eigenvalue weighted by Gasteiger charge is 2.16. The van der Waals surface area contributed by atoms with E-state index in [1.807, 2.05) is 13.8 Å². The lowest BCUT2D eigenvalue weighted by atomic mass is 9.77. The van der Waals surface area contributed by atoms with Gasteiger partial charge in [-0.3, -0.25) is 0 Å². The normalized spacial score (nSPS) is 10.5. The number of rotatable bonds is 3. The molecule has 4 nitrogen and oxygen atoms in total. The molecule has 0 radical (unpaired) electrons. The van der Waals surface area contributed by atoms with E-state index in [1.165, 1.54) is 6.07 Å². The van der Waals surface area contributed by atoms with E-state index in [9.17, 15) is 4.79 Å². The zero-order valence-corrected chi connectivity index (χ0v) is 8.64. The molecule has 0 fully saturated rings. The first-order chi connectivity index (χ1) is 6.91. The van der Waals surface area contributed by atoms with Gasteiger partial charge in [-0.1, -0.05) is 19.9 Å². The molecule has 0 unspecified atom stereocenters. The molecule has 0 aliphatic rings. The van der Waals surface area contributed by atoms with Gasteiger partial charge in [0.2, 0.25) is 0 Å². The van der Waals surface area contributed by atoms with Gasteiger partial charge >= 0.3 is 13.1 Å². The maximum Gasteiger partial charge on any atom is 0.488 e. The molecular weight excluding hydrogens is 195 g/mol. The average molecular weight is 208 g/mol. The van der Waals surface area contributed by atoms with E-state index in [2.05, 4.69) is 0 Å². The number of carbonyl (C=O) groups is 1. The molecule has 0 bridgehead atoms. The number of benzene rings is 1. The molecule has 0 aromatic heterocycles. The summed E-state index contributed by atoms with van der Waals surface area (Å²) in [6.07, 6.45) is 0. The monoisotopic (exact) mass is 208 g/mol. The summed E-state index contributed by atoms with van der Waals surface area (Å²) >= 11 is 0. The van der Waals surface area contributed by atoms with Crippen LogP contribution in [-0.4, -0.2) is 28.2 Å². The molecule has 1 rings (SSSR count). The third kappa shape index (κ3) is 2.81. The van der Waals surface area contributed by atoms with Crippen LogP contribution in [0.25, 0.3) is 0 Å². The molecule has 0 amide bonds. The highest BCUT2D eigenvalue weighted by Crippen LogP contribution is 2.14. The SMILES string of the molecule is CC(C)c1cc(B(O)O)cc(C(=O)O)c1. The fraction of sp³-hybridized carbons (Fsp3) is 0.300. The molecule has 0 aliphatic carbocycles. The Morgan fingerprint density at radius 3 is 2.27 bits per heavy atom. The standard InChI is InChI=1S/C10H13BO4/c1-6(2)7-3-8(10(12)13)5-9(4-7)11(14)15/h3-6,14-15H,1-2H3,(H,12,13). The molecule has 0 atom stereocenters. The van der Waals surface area contributed by atoms with Crippen LogP contribution in [0.1, 0.15) is 35.7 Å². The largest absolute Gasteiger partial charge is 0.488 e. The van der Waals surface area contributed by atoms with Gasteiger partial charge in [-0.25, -0.2) is 4.79 Å². The summed E-state index contributed by atoms with van der Waals surface area (Å²) in [5.41, 5.74) is 1.06. The first-order valence-electron chi connectivity index (χ1n) is 4.66. The minimum atomic E-state index is -1.64. The van der Waals surface area contributed by atoms with E-state index in [0.717, 1.165) is 5.56 Å². The first-order valence-corrected chi connectivity index (χ1v) is 4.66. The van der Waals surface area contributed by atoms with Crippen molar-refractivity contribution in [2.45, 2.75) is 19.8 Å². The number of carboxylic acids is 1. The molecule has 0 saturated heterocycles.